The topological polar surface area (TPSA) is 44.4 Å². The number of halogens is 5. The lowest BCUT2D eigenvalue weighted by atomic mass is 10.1. The molecule has 1 aliphatic heterocycles. The molecule has 0 spiro atoms. The molecule has 1 unspecified atom stereocenters. The highest BCUT2D eigenvalue weighted by Crippen LogP contribution is 2.24. The molecule has 2 rings (SSSR count). The Balaban J connectivity index is 0.00000288. The number of nitrogens with zero attached hydrogens (tertiary/aromatic N) is 1. The van der Waals surface area contributed by atoms with Gasteiger partial charge in [-0.2, -0.15) is 13.2 Å². The fourth-order valence-corrected chi connectivity index (χ4v) is 2.77. The van der Waals surface area contributed by atoms with E-state index in [1.54, 1.807) is 24.3 Å². The second-order valence-electron chi connectivity index (χ2n) is 5.45. The lowest BCUT2D eigenvalue weighted by Crippen LogP contribution is -2.57. The van der Waals surface area contributed by atoms with Crippen LogP contribution >= 0.6 is 28.3 Å². The molecule has 24 heavy (non-hydrogen) atoms. The molecule has 1 fully saturated rings. The summed E-state index contributed by atoms with van der Waals surface area (Å²) in [4.78, 5) is 13.3. The maximum atomic E-state index is 13.2. The van der Waals surface area contributed by atoms with Crippen LogP contribution in [0.3, 0.4) is 0 Å². The van der Waals surface area contributed by atoms with Crippen LogP contribution in [0.2, 0.25) is 0 Å². The summed E-state index contributed by atoms with van der Waals surface area (Å²) in [7, 11) is 0. The summed E-state index contributed by atoms with van der Waals surface area (Å²) in [5.74, 6) is -0.406. The van der Waals surface area contributed by atoms with Crippen molar-refractivity contribution in [3.05, 3.63) is 34.3 Å². The minimum atomic E-state index is -4.36. The summed E-state index contributed by atoms with van der Waals surface area (Å²) in [6.45, 7) is 1.29. The molecule has 136 valence electrons. The molecule has 1 aromatic rings. The Labute approximate surface area is 153 Å². The van der Waals surface area contributed by atoms with E-state index in [4.69, 9.17) is 0 Å². The number of carbonyl (C=O) groups excluding carboxylic acids is 1. The normalized spacial score (nSPS) is 17.0. The van der Waals surface area contributed by atoms with E-state index in [1.165, 1.54) is 4.90 Å². The Morgan fingerprint density at radius 2 is 1.83 bits per heavy atom. The molecule has 1 heterocycles. The quantitative estimate of drug-likeness (QED) is 0.754. The summed E-state index contributed by atoms with van der Waals surface area (Å²) >= 11 is 3.29. The van der Waals surface area contributed by atoms with Gasteiger partial charge in [0.25, 0.3) is 0 Å². The third-order valence-corrected chi connectivity index (χ3v) is 4.27. The molecular weight excluding hydrogens is 411 g/mol. The zero-order chi connectivity index (χ0) is 16.9. The molecule has 4 nitrogen and oxygen atoms in total. The summed E-state index contributed by atoms with van der Waals surface area (Å²) in [6.07, 6.45) is -4.29. The molecule has 1 saturated heterocycles. The lowest BCUT2D eigenvalue weighted by molar-refractivity contribution is -0.184. The Morgan fingerprint density at radius 1 is 1.25 bits per heavy atom. The number of hydrogen-bond acceptors (Lipinski definition) is 3. The van der Waals surface area contributed by atoms with Crippen LogP contribution in [0.25, 0.3) is 0 Å². The first-order valence-corrected chi connectivity index (χ1v) is 8.18. The number of hydrogen-bond donors (Lipinski definition) is 2. The largest absolute Gasteiger partial charge is 0.405 e. The van der Waals surface area contributed by atoms with Crippen LogP contribution in [0.1, 0.15) is 5.56 Å². The summed E-state index contributed by atoms with van der Waals surface area (Å²) < 4.78 is 40.5. The SMILES string of the molecule is Cl.O=C(Cc1ccc(Br)cc1)NCC(N1CCNCC1)C(F)(F)F. The Kier molecular flexibility index (Phi) is 8.49. The lowest BCUT2D eigenvalue weighted by Gasteiger charge is -2.35. The van der Waals surface area contributed by atoms with Gasteiger partial charge < -0.3 is 10.6 Å². The minimum Gasteiger partial charge on any atom is -0.354 e. The van der Waals surface area contributed by atoms with Gasteiger partial charge in [-0.25, -0.2) is 0 Å². The number of benzene rings is 1. The standard InChI is InChI=1S/C15H19BrF3N3O.ClH/c16-12-3-1-11(2-4-12)9-14(23)21-10-13(15(17,18)19)22-7-5-20-6-8-22;/h1-4,13,20H,5-10H2,(H,21,23);1H. The van der Waals surface area contributed by atoms with E-state index in [9.17, 15) is 18.0 Å². The predicted octanol–water partition coefficient (Wildman–Crippen LogP) is 2.37. The van der Waals surface area contributed by atoms with E-state index in [0.717, 1.165) is 10.0 Å². The van der Waals surface area contributed by atoms with Crippen molar-refractivity contribution in [3.8, 4) is 0 Å². The van der Waals surface area contributed by atoms with Gasteiger partial charge in [0.2, 0.25) is 5.91 Å². The van der Waals surface area contributed by atoms with Gasteiger partial charge in [0.05, 0.1) is 6.42 Å². The van der Waals surface area contributed by atoms with Gasteiger partial charge in [0.15, 0.2) is 0 Å². The van der Waals surface area contributed by atoms with Crippen LogP contribution in [0.15, 0.2) is 28.7 Å². The smallest absolute Gasteiger partial charge is 0.354 e. The van der Waals surface area contributed by atoms with Crippen molar-refractivity contribution < 1.29 is 18.0 Å². The number of piperazine rings is 1. The second-order valence-corrected chi connectivity index (χ2v) is 6.37. The first kappa shape index (κ1) is 21.2. The first-order chi connectivity index (χ1) is 10.9. The molecule has 0 aromatic heterocycles. The third-order valence-electron chi connectivity index (χ3n) is 3.74. The number of carbonyl (C=O) groups is 1. The van der Waals surface area contributed by atoms with Crippen molar-refractivity contribution in [1.29, 1.82) is 0 Å². The highest BCUT2D eigenvalue weighted by molar-refractivity contribution is 9.10. The van der Waals surface area contributed by atoms with Gasteiger partial charge in [0, 0.05) is 37.2 Å². The highest BCUT2D eigenvalue weighted by atomic mass is 79.9. The van der Waals surface area contributed by atoms with Gasteiger partial charge in [0.1, 0.15) is 6.04 Å². The maximum Gasteiger partial charge on any atom is 0.405 e. The fraction of sp³-hybridized carbons (Fsp3) is 0.533. The first-order valence-electron chi connectivity index (χ1n) is 7.39. The molecule has 1 atom stereocenters. The van der Waals surface area contributed by atoms with E-state index in [0.29, 0.717) is 26.2 Å². The fourth-order valence-electron chi connectivity index (χ4n) is 2.51. The average Bonchev–Trinajstić information content (AvgIpc) is 2.49. The average molecular weight is 431 g/mol. The number of nitrogens with one attached hydrogen (secondary N) is 2. The van der Waals surface area contributed by atoms with Crippen molar-refractivity contribution in [2.75, 3.05) is 32.7 Å². The van der Waals surface area contributed by atoms with E-state index in [2.05, 4.69) is 26.6 Å². The van der Waals surface area contributed by atoms with Crippen molar-refractivity contribution >= 4 is 34.2 Å². The summed E-state index contributed by atoms with van der Waals surface area (Å²) in [5, 5.41) is 5.44. The van der Waals surface area contributed by atoms with Crippen LogP contribution in [0.4, 0.5) is 13.2 Å². The van der Waals surface area contributed by atoms with Crippen LogP contribution in [0, 0.1) is 0 Å². The minimum absolute atomic E-state index is 0. The predicted molar refractivity (Wildman–Crippen MR) is 92.4 cm³/mol. The number of rotatable bonds is 5. The van der Waals surface area contributed by atoms with E-state index >= 15 is 0 Å². The molecule has 1 aliphatic rings. The number of amides is 1. The summed E-state index contributed by atoms with van der Waals surface area (Å²) in [6, 6.07) is 5.48. The molecule has 9 heteroatoms. The Bertz CT molecular complexity index is 522. The maximum absolute atomic E-state index is 13.2. The van der Waals surface area contributed by atoms with E-state index < -0.39 is 24.7 Å². The van der Waals surface area contributed by atoms with Gasteiger partial charge in [-0.3, -0.25) is 9.69 Å². The Hall–Kier alpha value is -0.830. The van der Waals surface area contributed by atoms with Crippen molar-refractivity contribution in [1.82, 2.24) is 15.5 Å². The van der Waals surface area contributed by atoms with Crippen LogP contribution in [-0.2, 0) is 11.2 Å². The summed E-state index contributed by atoms with van der Waals surface area (Å²) in [5.41, 5.74) is 0.761. The molecule has 0 saturated carbocycles. The number of alkyl halides is 3. The van der Waals surface area contributed by atoms with Crippen molar-refractivity contribution in [2.45, 2.75) is 18.6 Å². The molecule has 0 radical (unpaired) electrons. The zero-order valence-electron chi connectivity index (χ0n) is 12.9. The van der Waals surface area contributed by atoms with Crippen molar-refractivity contribution in [3.63, 3.8) is 0 Å². The van der Waals surface area contributed by atoms with Gasteiger partial charge in [-0.05, 0) is 17.7 Å². The zero-order valence-corrected chi connectivity index (χ0v) is 15.3. The Morgan fingerprint density at radius 3 is 2.38 bits per heavy atom. The van der Waals surface area contributed by atoms with Gasteiger partial charge >= 0.3 is 6.18 Å². The molecule has 1 aromatic carbocycles. The van der Waals surface area contributed by atoms with E-state index in [-0.39, 0.29) is 18.8 Å². The molecule has 2 N–H and O–H groups in total. The van der Waals surface area contributed by atoms with Crippen molar-refractivity contribution in [2.24, 2.45) is 0 Å². The van der Waals surface area contributed by atoms with Gasteiger partial charge in [-0.1, -0.05) is 28.1 Å². The van der Waals surface area contributed by atoms with Gasteiger partial charge in [-0.15, -0.1) is 12.4 Å². The third kappa shape index (κ3) is 6.58. The molecule has 0 bridgehead atoms. The molecule has 0 aliphatic carbocycles. The second kappa shape index (κ2) is 9.60. The highest BCUT2D eigenvalue weighted by Gasteiger charge is 2.43. The van der Waals surface area contributed by atoms with Crippen LogP contribution in [-0.4, -0.2) is 55.7 Å². The molecular formula is C15H20BrClF3N3O. The monoisotopic (exact) mass is 429 g/mol. The van der Waals surface area contributed by atoms with Crippen LogP contribution < -0.4 is 10.6 Å². The van der Waals surface area contributed by atoms with Crippen LogP contribution in [0.5, 0.6) is 0 Å². The molecule has 1 amide bonds. The van der Waals surface area contributed by atoms with E-state index in [1.807, 2.05) is 0 Å².